The van der Waals surface area contributed by atoms with Crippen molar-refractivity contribution in [2.24, 2.45) is 7.05 Å². The van der Waals surface area contributed by atoms with Crippen molar-refractivity contribution in [1.29, 1.82) is 0 Å². The lowest BCUT2D eigenvalue weighted by molar-refractivity contribution is 0.0737. The second kappa shape index (κ2) is 8.96. The Labute approximate surface area is 202 Å². The number of carbonyl (C=O) groups excluding carboxylic acids is 1. The van der Waals surface area contributed by atoms with Crippen molar-refractivity contribution in [2.45, 2.75) is 0 Å². The number of anilines is 1. The number of halogens is 2. The van der Waals surface area contributed by atoms with Crippen LogP contribution in [-0.4, -0.2) is 51.3 Å². The van der Waals surface area contributed by atoms with E-state index in [0.29, 0.717) is 28.8 Å². The molecule has 1 aliphatic rings. The molecule has 5 rings (SSSR count). The molecule has 1 saturated heterocycles. The van der Waals surface area contributed by atoms with Crippen molar-refractivity contribution >= 4 is 34.8 Å². The quantitative estimate of drug-likeness (QED) is 0.406. The van der Waals surface area contributed by atoms with Gasteiger partial charge >= 0.3 is 0 Å². The summed E-state index contributed by atoms with van der Waals surface area (Å²) in [4.78, 5) is 17.8. The molecule has 1 fully saturated rings. The Kier molecular flexibility index (Phi) is 5.87. The first-order valence-electron chi connectivity index (χ1n) is 10.8. The summed E-state index contributed by atoms with van der Waals surface area (Å²) in [5.41, 5.74) is 4.10. The minimum absolute atomic E-state index is 0.0383. The van der Waals surface area contributed by atoms with Gasteiger partial charge in [-0.25, -0.2) is 4.68 Å². The van der Waals surface area contributed by atoms with Crippen LogP contribution in [0.1, 0.15) is 10.5 Å². The standard InChI is InChI=1S/C25H23Cl2N5O/c1-29-11-3-6-23(29)22-17-24(32(28-22)20-9-7-18(26)8-10-20)25(33)31-14-12-30(13-15-31)21-5-2-4-19(27)16-21/h2-11,16-17H,12-15H2,1H3. The number of aryl methyl sites for hydroxylation is 1. The molecule has 0 spiro atoms. The molecule has 33 heavy (non-hydrogen) atoms. The molecule has 0 saturated carbocycles. The van der Waals surface area contributed by atoms with Crippen LogP contribution in [0.2, 0.25) is 10.0 Å². The SMILES string of the molecule is Cn1cccc1-c1cc(C(=O)N2CCN(c3cccc(Cl)c3)CC2)n(-c2ccc(Cl)cc2)n1. The van der Waals surface area contributed by atoms with Crippen molar-refractivity contribution in [1.82, 2.24) is 19.2 Å². The van der Waals surface area contributed by atoms with E-state index in [1.807, 2.05) is 77.3 Å². The van der Waals surface area contributed by atoms with Gasteiger partial charge in [0, 0.05) is 55.2 Å². The molecule has 2 aromatic heterocycles. The number of hydrogen-bond acceptors (Lipinski definition) is 3. The fraction of sp³-hybridized carbons (Fsp3) is 0.200. The Morgan fingerprint density at radius 1 is 0.848 bits per heavy atom. The maximum Gasteiger partial charge on any atom is 0.272 e. The van der Waals surface area contributed by atoms with E-state index in [9.17, 15) is 4.79 Å². The first kappa shape index (κ1) is 21.6. The molecule has 6 nitrogen and oxygen atoms in total. The van der Waals surface area contributed by atoms with Crippen molar-refractivity contribution in [3.05, 3.63) is 88.7 Å². The number of piperazine rings is 1. The van der Waals surface area contributed by atoms with Crippen LogP contribution in [0, 0.1) is 0 Å². The summed E-state index contributed by atoms with van der Waals surface area (Å²) >= 11 is 12.2. The van der Waals surface area contributed by atoms with Crippen LogP contribution in [0.3, 0.4) is 0 Å². The number of benzene rings is 2. The van der Waals surface area contributed by atoms with Gasteiger partial charge < -0.3 is 14.4 Å². The average Bonchev–Trinajstić information content (AvgIpc) is 3.45. The molecule has 8 heteroatoms. The molecule has 0 atom stereocenters. The third kappa shape index (κ3) is 4.36. The summed E-state index contributed by atoms with van der Waals surface area (Å²) in [7, 11) is 1.97. The minimum Gasteiger partial charge on any atom is -0.368 e. The van der Waals surface area contributed by atoms with E-state index in [2.05, 4.69) is 4.90 Å². The smallest absolute Gasteiger partial charge is 0.272 e. The number of carbonyl (C=O) groups is 1. The fourth-order valence-corrected chi connectivity index (χ4v) is 4.48. The van der Waals surface area contributed by atoms with Gasteiger partial charge in [0.1, 0.15) is 11.4 Å². The third-order valence-corrected chi connectivity index (χ3v) is 6.43. The van der Waals surface area contributed by atoms with Crippen LogP contribution in [0.25, 0.3) is 17.1 Å². The number of nitrogens with zero attached hydrogens (tertiary/aromatic N) is 5. The van der Waals surface area contributed by atoms with Gasteiger partial charge in [-0.3, -0.25) is 4.79 Å². The average molecular weight is 480 g/mol. The first-order valence-corrected chi connectivity index (χ1v) is 11.5. The van der Waals surface area contributed by atoms with E-state index < -0.39 is 0 Å². The Hall–Kier alpha value is -3.22. The maximum absolute atomic E-state index is 13.6. The van der Waals surface area contributed by atoms with E-state index in [-0.39, 0.29) is 5.91 Å². The molecular weight excluding hydrogens is 457 g/mol. The normalized spacial score (nSPS) is 14.0. The van der Waals surface area contributed by atoms with E-state index in [1.165, 1.54) is 0 Å². The minimum atomic E-state index is -0.0383. The highest BCUT2D eigenvalue weighted by Crippen LogP contribution is 2.25. The van der Waals surface area contributed by atoms with Crippen LogP contribution in [0.4, 0.5) is 5.69 Å². The van der Waals surface area contributed by atoms with Crippen LogP contribution < -0.4 is 4.90 Å². The van der Waals surface area contributed by atoms with Gasteiger partial charge in [0.15, 0.2) is 0 Å². The summed E-state index contributed by atoms with van der Waals surface area (Å²) in [6, 6.07) is 21.0. The number of aromatic nitrogens is 3. The lowest BCUT2D eigenvalue weighted by Crippen LogP contribution is -2.49. The number of hydrogen-bond donors (Lipinski definition) is 0. The fourth-order valence-electron chi connectivity index (χ4n) is 4.17. The van der Waals surface area contributed by atoms with E-state index in [0.717, 1.165) is 35.9 Å². The lowest BCUT2D eigenvalue weighted by Gasteiger charge is -2.36. The van der Waals surface area contributed by atoms with Gasteiger partial charge in [0.05, 0.1) is 11.4 Å². The van der Waals surface area contributed by atoms with Crippen LogP contribution in [-0.2, 0) is 7.05 Å². The van der Waals surface area contributed by atoms with E-state index in [1.54, 1.807) is 16.8 Å². The molecule has 1 aliphatic heterocycles. The topological polar surface area (TPSA) is 46.3 Å². The molecule has 1 amide bonds. The van der Waals surface area contributed by atoms with Crippen LogP contribution >= 0.6 is 23.2 Å². The van der Waals surface area contributed by atoms with Gasteiger partial charge in [-0.05, 0) is 60.7 Å². The summed E-state index contributed by atoms with van der Waals surface area (Å²) in [5.74, 6) is -0.0383. The Morgan fingerprint density at radius 2 is 1.61 bits per heavy atom. The lowest BCUT2D eigenvalue weighted by atomic mass is 10.2. The maximum atomic E-state index is 13.6. The van der Waals surface area contributed by atoms with Crippen molar-refractivity contribution in [2.75, 3.05) is 31.1 Å². The van der Waals surface area contributed by atoms with Crippen molar-refractivity contribution < 1.29 is 4.79 Å². The molecule has 0 unspecified atom stereocenters. The molecule has 4 aromatic rings. The van der Waals surface area contributed by atoms with Gasteiger partial charge in [0.25, 0.3) is 5.91 Å². The largest absolute Gasteiger partial charge is 0.368 e. The highest BCUT2D eigenvalue weighted by atomic mass is 35.5. The Bertz CT molecular complexity index is 1290. The van der Waals surface area contributed by atoms with Gasteiger partial charge in [-0.15, -0.1) is 0 Å². The zero-order chi connectivity index (χ0) is 22.9. The Morgan fingerprint density at radius 3 is 2.27 bits per heavy atom. The van der Waals surface area contributed by atoms with Crippen LogP contribution in [0.5, 0.6) is 0 Å². The number of rotatable bonds is 4. The molecule has 0 radical (unpaired) electrons. The predicted octanol–water partition coefficient (Wildman–Crippen LogP) is 5.15. The summed E-state index contributed by atoms with van der Waals surface area (Å²) in [6.07, 6.45) is 1.97. The summed E-state index contributed by atoms with van der Waals surface area (Å²) in [5, 5.41) is 6.13. The van der Waals surface area contributed by atoms with E-state index >= 15 is 0 Å². The van der Waals surface area contributed by atoms with Crippen molar-refractivity contribution in [3.63, 3.8) is 0 Å². The molecule has 168 valence electrons. The van der Waals surface area contributed by atoms with Crippen molar-refractivity contribution in [3.8, 4) is 17.1 Å². The zero-order valence-corrected chi connectivity index (χ0v) is 19.7. The molecule has 0 N–H and O–H groups in total. The predicted molar refractivity (Wildman–Crippen MR) is 133 cm³/mol. The zero-order valence-electron chi connectivity index (χ0n) is 18.2. The second-order valence-electron chi connectivity index (χ2n) is 8.07. The molecule has 0 aliphatic carbocycles. The third-order valence-electron chi connectivity index (χ3n) is 5.95. The number of amides is 1. The van der Waals surface area contributed by atoms with Crippen LogP contribution in [0.15, 0.2) is 72.9 Å². The molecular formula is C25H23Cl2N5O. The molecule has 2 aromatic carbocycles. The summed E-state index contributed by atoms with van der Waals surface area (Å²) in [6.45, 7) is 2.73. The highest BCUT2D eigenvalue weighted by Gasteiger charge is 2.27. The monoisotopic (exact) mass is 479 g/mol. The molecule has 0 bridgehead atoms. The molecule has 3 heterocycles. The second-order valence-corrected chi connectivity index (χ2v) is 8.94. The Balaban J connectivity index is 1.43. The van der Waals surface area contributed by atoms with E-state index in [4.69, 9.17) is 28.3 Å². The first-order chi connectivity index (χ1) is 16.0. The highest BCUT2D eigenvalue weighted by molar-refractivity contribution is 6.31. The van der Waals surface area contributed by atoms with Gasteiger partial charge in [0.2, 0.25) is 0 Å². The van der Waals surface area contributed by atoms with Gasteiger partial charge in [-0.1, -0.05) is 29.3 Å². The van der Waals surface area contributed by atoms with Gasteiger partial charge in [-0.2, -0.15) is 5.10 Å². The summed E-state index contributed by atoms with van der Waals surface area (Å²) < 4.78 is 3.71.